The second kappa shape index (κ2) is 7.01. The molecule has 0 aliphatic heterocycles. The first-order chi connectivity index (χ1) is 8.19. The number of carbonyl (C=O) groups is 1. The van der Waals surface area contributed by atoms with Gasteiger partial charge in [-0.05, 0) is 12.5 Å². The molecule has 0 saturated carbocycles. The molecule has 4 heteroatoms. The van der Waals surface area contributed by atoms with E-state index < -0.39 is 0 Å². The van der Waals surface area contributed by atoms with Crippen LogP contribution in [-0.4, -0.2) is 23.9 Å². The lowest BCUT2D eigenvalue weighted by molar-refractivity contribution is -0.130. The number of hydrogen-bond donors (Lipinski definition) is 1. The topological polar surface area (TPSA) is 46.3 Å². The molecule has 0 aliphatic rings. The van der Waals surface area contributed by atoms with Crippen LogP contribution >= 0.6 is 0 Å². The molecule has 0 aliphatic carbocycles. The molecule has 0 spiro atoms. The lowest BCUT2D eigenvalue weighted by Gasteiger charge is -2.22. The molecule has 0 fully saturated rings. The van der Waals surface area contributed by atoms with E-state index in [4.69, 9.17) is 5.73 Å². The summed E-state index contributed by atoms with van der Waals surface area (Å²) in [6, 6.07) is 6.50. The summed E-state index contributed by atoms with van der Waals surface area (Å²) in [4.78, 5) is 13.2. The van der Waals surface area contributed by atoms with Crippen molar-refractivity contribution in [1.29, 1.82) is 0 Å². The molecule has 3 nitrogen and oxygen atoms in total. The first-order valence-electron chi connectivity index (χ1n) is 5.90. The molecule has 1 aromatic rings. The van der Waals surface area contributed by atoms with Crippen molar-refractivity contribution in [3.63, 3.8) is 0 Å². The van der Waals surface area contributed by atoms with Gasteiger partial charge in [-0.2, -0.15) is 0 Å². The Balaban J connectivity index is 2.72. The van der Waals surface area contributed by atoms with Crippen molar-refractivity contribution in [1.82, 2.24) is 4.90 Å². The molecular formula is C13H19FN2O. The van der Waals surface area contributed by atoms with Gasteiger partial charge in [0.2, 0.25) is 5.91 Å². The molecule has 1 aromatic carbocycles. The molecule has 2 N–H and O–H groups in total. The maximum atomic E-state index is 13.5. The largest absolute Gasteiger partial charge is 0.337 e. The summed E-state index contributed by atoms with van der Waals surface area (Å²) in [6.07, 6.45) is 1.89. The third-order valence-electron chi connectivity index (χ3n) is 2.63. The highest BCUT2D eigenvalue weighted by atomic mass is 19.1. The van der Waals surface area contributed by atoms with Crippen molar-refractivity contribution >= 4 is 5.91 Å². The van der Waals surface area contributed by atoms with Gasteiger partial charge in [-0.1, -0.05) is 31.5 Å². The van der Waals surface area contributed by atoms with E-state index in [1.54, 1.807) is 23.1 Å². The zero-order valence-electron chi connectivity index (χ0n) is 10.2. The summed E-state index contributed by atoms with van der Waals surface area (Å²) >= 11 is 0. The van der Waals surface area contributed by atoms with Crippen LogP contribution in [0.15, 0.2) is 24.3 Å². The van der Waals surface area contributed by atoms with E-state index in [2.05, 4.69) is 0 Å². The van der Waals surface area contributed by atoms with Gasteiger partial charge in [0.1, 0.15) is 5.82 Å². The number of amides is 1. The molecule has 0 heterocycles. The maximum absolute atomic E-state index is 13.5. The number of nitrogens with two attached hydrogens (primary N) is 1. The Morgan fingerprint density at radius 2 is 2.12 bits per heavy atom. The zero-order valence-corrected chi connectivity index (χ0v) is 10.2. The third-order valence-corrected chi connectivity index (χ3v) is 2.63. The fraction of sp³-hybridized carbons (Fsp3) is 0.462. The first kappa shape index (κ1) is 13.6. The highest BCUT2D eigenvalue weighted by Crippen LogP contribution is 2.10. The molecule has 0 atom stereocenters. The van der Waals surface area contributed by atoms with Crippen molar-refractivity contribution in [2.24, 2.45) is 5.73 Å². The van der Waals surface area contributed by atoms with E-state index in [1.165, 1.54) is 6.07 Å². The van der Waals surface area contributed by atoms with Crippen molar-refractivity contribution in [2.75, 3.05) is 13.1 Å². The fourth-order valence-corrected chi connectivity index (χ4v) is 1.60. The van der Waals surface area contributed by atoms with Crippen LogP contribution in [0, 0.1) is 5.82 Å². The van der Waals surface area contributed by atoms with Crippen molar-refractivity contribution in [3.05, 3.63) is 35.6 Å². The standard InChI is InChI=1S/C13H19FN2O/c1-2-3-8-16(13(17)9-15)10-11-6-4-5-7-12(11)14/h4-7H,2-3,8-10,15H2,1H3. The molecule has 1 amide bonds. The summed E-state index contributed by atoms with van der Waals surface area (Å²) in [5.41, 5.74) is 5.88. The summed E-state index contributed by atoms with van der Waals surface area (Å²) in [5, 5.41) is 0. The average Bonchev–Trinajstić information content (AvgIpc) is 2.35. The Morgan fingerprint density at radius 1 is 1.41 bits per heavy atom. The Hall–Kier alpha value is -1.42. The van der Waals surface area contributed by atoms with Crippen LogP contribution in [0.5, 0.6) is 0 Å². The lowest BCUT2D eigenvalue weighted by atomic mass is 10.2. The molecule has 0 bridgehead atoms. The molecule has 0 aromatic heterocycles. The Labute approximate surface area is 101 Å². The van der Waals surface area contributed by atoms with Gasteiger partial charge in [0.25, 0.3) is 0 Å². The number of rotatable bonds is 6. The highest BCUT2D eigenvalue weighted by molar-refractivity contribution is 5.78. The third kappa shape index (κ3) is 4.15. The van der Waals surface area contributed by atoms with Gasteiger partial charge in [-0.3, -0.25) is 4.79 Å². The SMILES string of the molecule is CCCCN(Cc1ccccc1F)C(=O)CN. The molecule has 0 unspecified atom stereocenters. The van der Waals surface area contributed by atoms with E-state index in [0.29, 0.717) is 18.7 Å². The minimum atomic E-state index is -0.279. The fourth-order valence-electron chi connectivity index (χ4n) is 1.60. The second-order valence-corrected chi connectivity index (χ2v) is 3.96. The van der Waals surface area contributed by atoms with E-state index in [1.807, 2.05) is 6.92 Å². The molecule has 1 rings (SSSR count). The Bertz CT molecular complexity index is 368. The van der Waals surface area contributed by atoms with Crippen molar-refractivity contribution in [3.8, 4) is 0 Å². The van der Waals surface area contributed by atoms with Gasteiger partial charge in [0.05, 0.1) is 6.54 Å². The predicted octanol–water partition coefficient (Wildman–Crippen LogP) is 1.91. The summed E-state index contributed by atoms with van der Waals surface area (Å²) < 4.78 is 13.5. The van der Waals surface area contributed by atoms with Crippen LogP contribution in [0.25, 0.3) is 0 Å². The first-order valence-corrected chi connectivity index (χ1v) is 5.90. The van der Waals surface area contributed by atoms with Crippen LogP contribution in [0.2, 0.25) is 0 Å². The van der Waals surface area contributed by atoms with Gasteiger partial charge in [0, 0.05) is 18.7 Å². The van der Waals surface area contributed by atoms with E-state index in [9.17, 15) is 9.18 Å². The summed E-state index contributed by atoms with van der Waals surface area (Å²) in [5.74, 6) is -0.416. The molecular weight excluding hydrogens is 219 g/mol. The van der Waals surface area contributed by atoms with Gasteiger partial charge < -0.3 is 10.6 Å². The highest BCUT2D eigenvalue weighted by Gasteiger charge is 2.13. The number of unbranched alkanes of at least 4 members (excludes halogenated alkanes) is 1. The number of halogens is 1. The van der Waals surface area contributed by atoms with Crippen LogP contribution in [-0.2, 0) is 11.3 Å². The van der Waals surface area contributed by atoms with Crippen LogP contribution in [0.4, 0.5) is 4.39 Å². The van der Waals surface area contributed by atoms with E-state index in [-0.39, 0.29) is 18.3 Å². The second-order valence-electron chi connectivity index (χ2n) is 3.96. The normalized spacial score (nSPS) is 10.3. The van der Waals surface area contributed by atoms with Gasteiger partial charge in [-0.15, -0.1) is 0 Å². The quantitative estimate of drug-likeness (QED) is 0.823. The maximum Gasteiger partial charge on any atom is 0.236 e. The zero-order chi connectivity index (χ0) is 12.7. The van der Waals surface area contributed by atoms with E-state index >= 15 is 0 Å². The minimum Gasteiger partial charge on any atom is -0.337 e. The van der Waals surface area contributed by atoms with Gasteiger partial charge in [0.15, 0.2) is 0 Å². The molecule has 0 radical (unpaired) electrons. The molecule has 17 heavy (non-hydrogen) atoms. The summed E-state index contributed by atoms with van der Waals surface area (Å²) in [6.45, 7) is 2.94. The van der Waals surface area contributed by atoms with Gasteiger partial charge >= 0.3 is 0 Å². The van der Waals surface area contributed by atoms with Crippen molar-refractivity contribution < 1.29 is 9.18 Å². The van der Waals surface area contributed by atoms with E-state index in [0.717, 1.165) is 12.8 Å². The minimum absolute atomic E-state index is 0.0296. The number of nitrogens with zero attached hydrogens (tertiary/aromatic N) is 1. The molecule has 94 valence electrons. The Morgan fingerprint density at radius 3 is 2.71 bits per heavy atom. The van der Waals surface area contributed by atoms with Crippen LogP contribution in [0.3, 0.4) is 0 Å². The van der Waals surface area contributed by atoms with Crippen molar-refractivity contribution in [2.45, 2.75) is 26.3 Å². The van der Waals surface area contributed by atoms with Gasteiger partial charge in [-0.25, -0.2) is 4.39 Å². The number of carbonyl (C=O) groups excluding carboxylic acids is 1. The smallest absolute Gasteiger partial charge is 0.236 e. The predicted molar refractivity (Wildman–Crippen MR) is 65.8 cm³/mol. The Kier molecular flexibility index (Phi) is 5.63. The number of benzene rings is 1. The monoisotopic (exact) mass is 238 g/mol. The van der Waals surface area contributed by atoms with Crippen LogP contribution < -0.4 is 5.73 Å². The number of hydrogen-bond acceptors (Lipinski definition) is 2. The molecule has 0 saturated heterocycles. The summed E-state index contributed by atoms with van der Waals surface area (Å²) in [7, 11) is 0. The van der Waals surface area contributed by atoms with Crippen LogP contribution in [0.1, 0.15) is 25.3 Å². The average molecular weight is 238 g/mol. The lowest BCUT2D eigenvalue weighted by Crippen LogP contribution is -2.36.